The van der Waals surface area contributed by atoms with Crippen LogP contribution in [-0.2, 0) is 19.6 Å². The first-order valence-corrected chi connectivity index (χ1v) is 6.28. The minimum Gasteiger partial charge on any atom is -0.395 e. The maximum Gasteiger partial charge on any atom is 0.247 e. The fourth-order valence-electron chi connectivity index (χ4n) is 1.43. The Hall–Kier alpha value is -0.990. The van der Waals surface area contributed by atoms with Gasteiger partial charge in [0.1, 0.15) is 5.54 Å². The predicted molar refractivity (Wildman–Crippen MR) is 54.8 cm³/mol. The summed E-state index contributed by atoms with van der Waals surface area (Å²) < 4.78 is 24.3. The molecule has 0 aromatic carbocycles. The van der Waals surface area contributed by atoms with E-state index in [0.29, 0.717) is 0 Å². The Balaban J connectivity index is 3.10. The van der Waals surface area contributed by atoms with Crippen LogP contribution in [-0.4, -0.2) is 54.1 Å². The molecule has 0 saturated carbocycles. The Morgan fingerprint density at radius 3 is 2.50 bits per heavy atom. The van der Waals surface area contributed by atoms with Crippen LogP contribution >= 0.6 is 0 Å². The Morgan fingerprint density at radius 1 is 1.44 bits per heavy atom. The van der Waals surface area contributed by atoms with E-state index in [9.17, 15) is 18.0 Å². The highest BCUT2D eigenvalue weighted by atomic mass is 32.2. The van der Waals surface area contributed by atoms with E-state index in [1.807, 2.05) is 0 Å². The molecular formula is C8H14N2O5S. The molecule has 1 fully saturated rings. The fraction of sp³-hybridized carbons (Fsp3) is 0.750. The van der Waals surface area contributed by atoms with Gasteiger partial charge in [-0.3, -0.25) is 14.9 Å². The second-order valence-corrected chi connectivity index (χ2v) is 6.00. The minimum absolute atomic E-state index is 0.402. The molecular weight excluding hydrogens is 236 g/mol. The van der Waals surface area contributed by atoms with Gasteiger partial charge in [-0.15, -0.1) is 0 Å². The number of piperazine rings is 1. The van der Waals surface area contributed by atoms with Crippen LogP contribution < -0.4 is 5.32 Å². The molecule has 8 heteroatoms. The van der Waals surface area contributed by atoms with Crippen molar-refractivity contribution >= 4 is 21.8 Å². The van der Waals surface area contributed by atoms with Crippen molar-refractivity contribution in [3.63, 3.8) is 0 Å². The average Bonchev–Trinajstić information content (AvgIpc) is 2.11. The molecule has 1 heterocycles. The van der Waals surface area contributed by atoms with Crippen LogP contribution in [0.1, 0.15) is 13.8 Å². The normalized spacial score (nSPS) is 21.9. The molecule has 1 saturated heterocycles. The lowest BCUT2D eigenvalue weighted by Crippen LogP contribution is -2.65. The van der Waals surface area contributed by atoms with Gasteiger partial charge in [0.25, 0.3) is 0 Å². The molecule has 7 nitrogen and oxygen atoms in total. The van der Waals surface area contributed by atoms with Gasteiger partial charge in [0, 0.05) is 0 Å². The van der Waals surface area contributed by atoms with E-state index < -0.39 is 46.3 Å². The third-order valence-corrected chi connectivity index (χ3v) is 4.36. The number of carbonyl (C=O) groups excluding carboxylic acids is 2. The maximum absolute atomic E-state index is 11.7. The van der Waals surface area contributed by atoms with Crippen LogP contribution in [0.15, 0.2) is 0 Å². The number of hydrogen-bond donors (Lipinski definition) is 2. The molecule has 0 radical (unpaired) electrons. The zero-order valence-corrected chi connectivity index (χ0v) is 9.87. The standard InChI is InChI=1S/C8H14N2O5S/c1-8(2)7(13)9-6(12)5-10(8)16(14,15)4-3-11/h11H,3-5H2,1-2H3,(H,9,12,13). The van der Waals surface area contributed by atoms with Crippen LogP contribution in [0.5, 0.6) is 0 Å². The van der Waals surface area contributed by atoms with Gasteiger partial charge in [-0.25, -0.2) is 8.42 Å². The van der Waals surface area contributed by atoms with Crippen molar-refractivity contribution in [3.8, 4) is 0 Å². The molecule has 1 aliphatic heterocycles. The highest BCUT2D eigenvalue weighted by Crippen LogP contribution is 2.22. The first-order chi connectivity index (χ1) is 7.21. The highest BCUT2D eigenvalue weighted by Gasteiger charge is 2.46. The van der Waals surface area contributed by atoms with Gasteiger partial charge < -0.3 is 5.11 Å². The van der Waals surface area contributed by atoms with Gasteiger partial charge in [0.05, 0.1) is 18.9 Å². The summed E-state index contributed by atoms with van der Waals surface area (Å²) in [5.41, 5.74) is -1.32. The van der Waals surface area contributed by atoms with E-state index >= 15 is 0 Å². The van der Waals surface area contributed by atoms with E-state index in [-0.39, 0.29) is 0 Å². The number of aliphatic hydroxyl groups excluding tert-OH is 1. The molecule has 0 atom stereocenters. The molecule has 92 valence electrons. The van der Waals surface area contributed by atoms with E-state index in [4.69, 9.17) is 5.11 Å². The largest absolute Gasteiger partial charge is 0.395 e. The van der Waals surface area contributed by atoms with Crippen molar-refractivity contribution < 1.29 is 23.1 Å². The van der Waals surface area contributed by atoms with E-state index in [1.165, 1.54) is 13.8 Å². The SMILES string of the molecule is CC1(C)C(=O)NC(=O)CN1S(=O)(=O)CCO. The zero-order valence-electron chi connectivity index (χ0n) is 9.06. The maximum atomic E-state index is 11.7. The smallest absolute Gasteiger partial charge is 0.247 e. The third-order valence-electron chi connectivity index (χ3n) is 2.40. The number of carbonyl (C=O) groups is 2. The molecule has 0 aliphatic carbocycles. The monoisotopic (exact) mass is 250 g/mol. The van der Waals surface area contributed by atoms with Crippen molar-refractivity contribution in [2.75, 3.05) is 18.9 Å². The van der Waals surface area contributed by atoms with Gasteiger partial charge in [0.2, 0.25) is 21.8 Å². The summed E-state index contributed by atoms with van der Waals surface area (Å²) in [6.45, 7) is 1.86. The predicted octanol–water partition coefficient (Wildman–Crippen LogP) is -1.95. The number of imide groups is 1. The van der Waals surface area contributed by atoms with Gasteiger partial charge >= 0.3 is 0 Å². The van der Waals surface area contributed by atoms with E-state index in [0.717, 1.165) is 4.31 Å². The fourth-order valence-corrected chi connectivity index (χ4v) is 2.98. The number of rotatable bonds is 3. The molecule has 16 heavy (non-hydrogen) atoms. The molecule has 1 rings (SSSR count). The molecule has 2 N–H and O–H groups in total. The van der Waals surface area contributed by atoms with Crippen LogP contribution in [0, 0.1) is 0 Å². The number of aliphatic hydroxyl groups is 1. The van der Waals surface area contributed by atoms with Gasteiger partial charge in [-0.1, -0.05) is 0 Å². The molecule has 2 amide bonds. The number of amides is 2. The molecule has 0 unspecified atom stereocenters. The second-order valence-electron chi connectivity index (χ2n) is 3.98. The molecule has 1 aliphatic rings. The molecule has 0 aromatic rings. The lowest BCUT2D eigenvalue weighted by molar-refractivity contribution is -0.141. The van der Waals surface area contributed by atoms with Crippen LogP contribution in [0.2, 0.25) is 0 Å². The summed E-state index contributed by atoms with van der Waals surface area (Å²) in [7, 11) is -3.81. The van der Waals surface area contributed by atoms with Gasteiger partial charge in [0.15, 0.2) is 0 Å². The van der Waals surface area contributed by atoms with Crippen molar-refractivity contribution in [2.24, 2.45) is 0 Å². The van der Waals surface area contributed by atoms with Gasteiger partial charge in [-0.05, 0) is 13.8 Å². The van der Waals surface area contributed by atoms with Crippen LogP contribution in [0.25, 0.3) is 0 Å². The quantitative estimate of drug-likeness (QED) is 0.566. The summed E-state index contributed by atoms with van der Waals surface area (Å²) in [6.07, 6.45) is 0. The highest BCUT2D eigenvalue weighted by molar-refractivity contribution is 7.89. The zero-order chi connectivity index (χ0) is 12.6. The number of nitrogens with zero attached hydrogens (tertiary/aromatic N) is 1. The minimum atomic E-state index is -3.81. The molecule has 0 bridgehead atoms. The summed E-state index contributed by atoms with van der Waals surface area (Å²) in [4.78, 5) is 22.6. The molecule has 0 spiro atoms. The van der Waals surface area contributed by atoms with E-state index in [2.05, 4.69) is 5.32 Å². The van der Waals surface area contributed by atoms with Crippen molar-refractivity contribution in [3.05, 3.63) is 0 Å². The summed E-state index contributed by atoms with van der Waals surface area (Å²) in [5.74, 6) is -1.83. The topological polar surface area (TPSA) is 104 Å². The number of nitrogens with one attached hydrogen (secondary N) is 1. The number of sulfonamides is 1. The summed E-state index contributed by atoms with van der Waals surface area (Å²) in [5, 5.41) is 10.7. The number of hydrogen-bond acceptors (Lipinski definition) is 5. The van der Waals surface area contributed by atoms with Crippen molar-refractivity contribution in [1.82, 2.24) is 9.62 Å². The summed E-state index contributed by atoms with van der Waals surface area (Å²) >= 11 is 0. The Labute approximate surface area is 93.5 Å². The van der Waals surface area contributed by atoms with Crippen molar-refractivity contribution in [2.45, 2.75) is 19.4 Å². The Bertz CT molecular complexity index is 414. The lowest BCUT2D eigenvalue weighted by atomic mass is 10.0. The Morgan fingerprint density at radius 2 is 2.00 bits per heavy atom. The van der Waals surface area contributed by atoms with Crippen molar-refractivity contribution in [1.29, 1.82) is 0 Å². The molecule has 0 aromatic heterocycles. The van der Waals surface area contributed by atoms with E-state index in [1.54, 1.807) is 0 Å². The second kappa shape index (κ2) is 4.11. The average molecular weight is 250 g/mol. The Kier molecular flexibility index (Phi) is 3.36. The summed E-state index contributed by atoms with van der Waals surface area (Å²) in [6, 6.07) is 0. The lowest BCUT2D eigenvalue weighted by Gasteiger charge is -2.38. The van der Waals surface area contributed by atoms with Crippen LogP contribution in [0.3, 0.4) is 0 Å². The van der Waals surface area contributed by atoms with Crippen LogP contribution in [0.4, 0.5) is 0 Å². The first kappa shape index (κ1) is 13.1. The third kappa shape index (κ3) is 2.23. The first-order valence-electron chi connectivity index (χ1n) is 4.67. The van der Waals surface area contributed by atoms with Gasteiger partial charge in [-0.2, -0.15) is 4.31 Å².